The molecule has 0 fully saturated rings. The number of halogens is 2. The van der Waals surface area contributed by atoms with Gasteiger partial charge in [-0.3, -0.25) is 0 Å². The molecule has 0 aliphatic carbocycles. The van der Waals surface area contributed by atoms with E-state index in [9.17, 15) is 0 Å². The maximum atomic E-state index is 6.08. The molecule has 2 aromatic rings. The van der Waals surface area contributed by atoms with E-state index in [1.54, 1.807) is 0 Å². The van der Waals surface area contributed by atoms with E-state index in [1.165, 1.54) is 5.56 Å². The third kappa shape index (κ3) is 3.99. The second-order valence-corrected chi connectivity index (χ2v) is 6.08. The Labute approximate surface area is 127 Å². The molecule has 0 amide bonds. The van der Waals surface area contributed by atoms with Crippen LogP contribution in [-0.4, -0.2) is 0 Å². The molecule has 0 aromatic heterocycles. The van der Waals surface area contributed by atoms with Crippen LogP contribution in [0.5, 0.6) is 5.75 Å². The molecule has 0 aliphatic rings. The van der Waals surface area contributed by atoms with E-state index in [1.807, 2.05) is 18.2 Å². The highest BCUT2D eigenvalue weighted by Gasteiger charge is 2.04. The lowest BCUT2D eigenvalue weighted by atomic mass is 10.0. The Balaban J connectivity index is 2.04. The Bertz CT molecular complexity index is 549. The average Bonchev–Trinajstić information content (AvgIpc) is 2.40. The molecule has 100 valence electrons. The van der Waals surface area contributed by atoms with Crippen molar-refractivity contribution < 1.29 is 4.74 Å². The van der Waals surface area contributed by atoms with Gasteiger partial charge in [-0.25, -0.2) is 0 Å². The Morgan fingerprint density at radius 1 is 1.11 bits per heavy atom. The SMILES string of the molecule is CC(C)c1ccc(COc2cc(Br)ccc2Cl)cc1. The minimum atomic E-state index is 0.522. The van der Waals surface area contributed by atoms with Gasteiger partial charge in [-0.05, 0) is 35.2 Å². The number of hydrogen-bond acceptors (Lipinski definition) is 1. The first-order valence-electron chi connectivity index (χ1n) is 6.23. The van der Waals surface area contributed by atoms with Gasteiger partial charge in [-0.2, -0.15) is 0 Å². The van der Waals surface area contributed by atoms with E-state index in [0.717, 1.165) is 10.0 Å². The number of hydrogen-bond donors (Lipinski definition) is 0. The van der Waals surface area contributed by atoms with E-state index in [2.05, 4.69) is 54.0 Å². The van der Waals surface area contributed by atoms with Crippen LogP contribution in [-0.2, 0) is 6.61 Å². The highest BCUT2D eigenvalue weighted by molar-refractivity contribution is 9.10. The van der Waals surface area contributed by atoms with Gasteiger partial charge in [0, 0.05) is 4.47 Å². The van der Waals surface area contributed by atoms with E-state index in [-0.39, 0.29) is 0 Å². The Morgan fingerprint density at radius 3 is 2.42 bits per heavy atom. The summed E-state index contributed by atoms with van der Waals surface area (Å²) in [5.74, 6) is 1.25. The van der Waals surface area contributed by atoms with E-state index in [4.69, 9.17) is 16.3 Å². The van der Waals surface area contributed by atoms with Gasteiger partial charge in [0.15, 0.2) is 0 Å². The molecule has 2 rings (SSSR count). The molecule has 0 spiro atoms. The lowest BCUT2D eigenvalue weighted by molar-refractivity contribution is 0.306. The molecule has 0 radical (unpaired) electrons. The molecule has 0 aliphatic heterocycles. The van der Waals surface area contributed by atoms with Crippen molar-refractivity contribution in [2.24, 2.45) is 0 Å². The molecule has 1 nitrogen and oxygen atoms in total. The van der Waals surface area contributed by atoms with Gasteiger partial charge >= 0.3 is 0 Å². The third-order valence-corrected chi connectivity index (χ3v) is 3.74. The summed E-state index contributed by atoms with van der Waals surface area (Å²) in [6.45, 7) is 4.90. The van der Waals surface area contributed by atoms with Gasteiger partial charge in [-0.15, -0.1) is 0 Å². The molecule has 0 N–H and O–H groups in total. The molecule has 0 saturated heterocycles. The highest BCUT2D eigenvalue weighted by atomic mass is 79.9. The summed E-state index contributed by atoms with van der Waals surface area (Å²) in [5, 5.41) is 0.627. The quantitative estimate of drug-likeness (QED) is 0.683. The van der Waals surface area contributed by atoms with E-state index >= 15 is 0 Å². The minimum absolute atomic E-state index is 0.522. The lowest BCUT2D eigenvalue weighted by Crippen LogP contribution is -1.97. The van der Waals surface area contributed by atoms with Gasteiger partial charge in [0.05, 0.1) is 5.02 Å². The zero-order valence-electron chi connectivity index (χ0n) is 11.0. The first-order chi connectivity index (χ1) is 9.06. The first-order valence-corrected chi connectivity index (χ1v) is 7.40. The summed E-state index contributed by atoms with van der Waals surface area (Å²) in [5.41, 5.74) is 2.48. The van der Waals surface area contributed by atoms with Crippen molar-refractivity contribution in [3.63, 3.8) is 0 Å². The smallest absolute Gasteiger partial charge is 0.139 e. The fourth-order valence-electron chi connectivity index (χ4n) is 1.75. The van der Waals surface area contributed by atoms with Crippen LogP contribution in [0.4, 0.5) is 0 Å². The van der Waals surface area contributed by atoms with Crippen LogP contribution in [0.2, 0.25) is 5.02 Å². The van der Waals surface area contributed by atoms with Crippen LogP contribution in [0, 0.1) is 0 Å². The van der Waals surface area contributed by atoms with Crippen molar-refractivity contribution in [3.8, 4) is 5.75 Å². The third-order valence-electron chi connectivity index (χ3n) is 2.93. The second kappa shape index (κ2) is 6.44. The number of ether oxygens (including phenoxy) is 1. The molecule has 19 heavy (non-hydrogen) atoms. The van der Waals surface area contributed by atoms with E-state index in [0.29, 0.717) is 23.3 Å². The van der Waals surface area contributed by atoms with Gasteiger partial charge < -0.3 is 4.74 Å². The predicted octanol–water partition coefficient (Wildman–Crippen LogP) is 5.80. The van der Waals surface area contributed by atoms with Gasteiger partial charge in [0.2, 0.25) is 0 Å². The largest absolute Gasteiger partial charge is 0.487 e. The van der Waals surface area contributed by atoms with Crippen LogP contribution in [0.3, 0.4) is 0 Å². The van der Waals surface area contributed by atoms with Crippen molar-refractivity contribution in [3.05, 3.63) is 63.1 Å². The van der Waals surface area contributed by atoms with Crippen molar-refractivity contribution in [1.82, 2.24) is 0 Å². The van der Waals surface area contributed by atoms with Crippen LogP contribution in [0.1, 0.15) is 30.9 Å². The summed E-state index contributed by atoms with van der Waals surface area (Å²) < 4.78 is 6.70. The Morgan fingerprint density at radius 2 is 1.79 bits per heavy atom. The Hall–Kier alpha value is -0.990. The fraction of sp³-hybridized carbons (Fsp3) is 0.250. The van der Waals surface area contributed by atoms with Crippen molar-refractivity contribution in [1.29, 1.82) is 0 Å². The topological polar surface area (TPSA) is 9.23 Å². The maximum absolute atomic E-state index is 6.08. The predicted molar refractivity (Wildman–Crippen MR) is 84.0 cm³/mol. The maximum Gasteiger partial charge on any atom is 0.139 e. The first kappa shape index (κ1) is 14.4. The molecule has 0 unspecified atom stereocenters. The van der Waals surface area contributed by atoms with Crippen LogP contribution in [0.25, 0.3) is 0 Å². The zero-order chi connectivity index (χ0) is 13.8. The molecule has 2 aromatic carbocycles. The van der Waals surface area contributed by atoms with Gasteiger partial charge in [-0.1, -0.05) is 65.6 Å². The number of benzene rings is 2. The Kier molecular flexibility index (Phi) is 4.89. The van der Waals surface area contributed by atoms with E-state index < -0.39 is 0 Å². The summed E-state index contributed by atoms with van der Waals surface area (Å²) in [4.78, 5) is 0. The summed E-state index contributed by atoms with van der Waals surface area (Å²) in [6, 6.07) is 14.1. The van der Waals surface area contributed by atoms with Gasteiger partial charge in [0.1, 0.15) is 12.4 Å². The van der Waals surface area contributed by atoms with Crippen molar-refractivity contribution in [2.75, 3.05) is 0 Å². The highest BCUT2D eigenvalue weighted by Crippen LogP contribution is 2.28. The lowest BCUT2D eigenvalue weighted by Gasteiger charge is -2.10. The minimum Gasteiger partial charge on any atom is -0.487 e. The molecule has 3 heteroatoms. The second-order valence-electron chi connectivity index (χ2n) is 4.76. The summed E-state index contributed by atoms with van der Waals surface area (Å²) in [7, 11) is 0. The molecule has 0 heterocycles. The molecule has 0 bridgehead atoms. The molecule has 0 atom stereocenters. The molecular formula is C16H16BrClO. The fourth-order valence-corrected chi connectivity index (χ4v) is 2.26. The summed E-state index contributed by atoms with van der Waals surface area (Å²) in [6.07, 6.45) is 0. The zero-order valence-corrected chi connectivity index (χ0v) is 13.3. The van der Waals surface area contributed by atoms with Crippen molar-refractivity contribution >= 4 is 27.5 Å². The van der Waals surface area contributed by atoms with Crippen molar-refractivity contribution in [2.45, 2.75) is 26.4 Å². The monoisotopic (exact) mass is 338 g/mol. The average molecular weight is 340 g/mol. The van der Waals surface area contributed by atoms with Crippen LogP contribution in [0.15, 0.2) is 46.9 Å². The number of rotatable bonds is 4. The summed E-state index contributed by atoms with van der Waals surface area (Å²) >= 11 is 9.49. The molecular weight excluding hydrogens is 324 g/mol. The standard InChI is InChI=1S/C16H16BrClO/c1-11(2)13-5-3-12(4-6-13)10-19-16-9-14(17)7-8-15(16)18/h3-9,11H,10H2,1-2H3. The molecule has 0 saturated carbocycles. The normalized spacial score (nSPS) is 10.8. The van der Waals surface area contributed by atoms with Gasteiger partial charge in [0.25, 0.3) is 0 Å². The van der Waals surface area contributed by atoms with Crippen LogP contribution >= 0.6 is 27.5 Å². The van der Waals surface area contributed by atoms with Crippen LogP contribution < -0.4 is 4.74 Å².